The van der Waals surface area contributed by atoms with Crippen molar-refractivity contribution in [3.05, 3.63) is 0 Å². The van der Waals surface area contributed by atoms with Crippen LogP contribution in [0.3, 0.4) is 0 Å². The third-order valence-corrected chi connectivity index (χ3v) is 2.83. The van der Waals surface area contributed by atoms with Crippen LogP contribution in [0, 0.1) is 0 Å². The highest BCUT2D eigenvalue weighted by atomic mass is 35.5. The second kappa shape index (κ2) is 6.17. The lowest BCUT2D eigenvalue weighted by Gasteiger charge is -2.26. The second-order valence-corrected chi connectivity index (χ2v) is 4.74. The van der Waals surface area contributed by atoms with Crippen LogP contribution in [-0.2, 0) is 14.3 Å². The highest BCUT2D eigenvalue weighted by Gasteiger charge is 2.33. The van der Waals surface area contributed by atoms with Gasteiger partial charge in [0.05, 0.1) is 13.2 Å². The summed E-state index contributed by atoms with van der Waals surface area (Å²) in [7, 11) is 0. The summed E-state index contributed by atoms with van der Waals surface area (Å²) < 4.78 is 11.1. The number of nitrogens with zero attached hydrogens (tertiary/aromatic N) is 1. The van der Waals surface area contributed by atoms with Crippen molar-refractivity contribution in [1.82, 2.24) is 5.06 Å². The molecule has 0 radical (unpaired) electrons. The molecule has 96 valence electrons. The Bertz CT molecular complexity index is 207. The summed E-state index contributed by atoms with van der Waals surface area (Å²) in [5, 5.41) is 2.05. The Kier molecular flexibility index (Phi) is 5.47. The van der Waals surface area contributed by atoms with Crippen molar-refractivity contribution in [1.29, 1.82) is 0 Å². The van der Waals surface area contributed by atoms with Crippen LogP contribution in [0.1, 0.15) is 33.1 Å². The lowest BCUT2D eigenvalue weighted by atomic mass is 10.2. The summed E-state index contributed by atoms with van der Waals surface area (Å²) in [4.78, 5) is 5.69. The fourth-order valence-electron chi connectivity index (χ4n) is 2.03. The summed E-state index contributed by atoms with van der Waals surface area (Å²) >= 11 is 0. The topological polar surface area (TPSA) is 30.9 Å². The minimum Gasteiger partial charge on any atom is -0.348 e. The maximum absolute atomic E-state index is 5.69. The quantitative estimate of drug-likeness (QED) is 0.768. The van der Waals surface area contributed by atoms with Crippen LogP contribution in [-0.4, -0.2) is 43.3 Å². The Balaban J connectivity index is 0.00000128. The van der Waals surface area contributed by atoms with Crippen LogP contribution in [0.5, 0.6) is 0 Å². The molecule has 0 aromatic rings. The van der Waals surface area contributed by atoms with Crippen LogP contribution in [0.2, 0.25) is 0 Å². The smallest absolute Gasteiger partial charge is 0.163 e. The van der Waals surface area contributed by atoms with E-state index in [1.807, 2.05) is 13.8 Å². The van der Waals surface area contributed by atoms with E-state index in [1.54, 1.807) is 0 Å². The van der Waals surface area contributed by atoms with E-state index in [4.69, 9.17) is 14.3 Å². The van der Waals surface area contributed by atoms with Crippen LogP contribution in [0.4, 0.5) is 0 Å². The molecule has 2 fully saturated rings. The molecule has 2 heterocycles. The van der Waals surface area contributed by atoms with Crippen LogP contribution in [0.15, 0.2) is 0 Å². The summed E-state index contributed by atoms with van der Waals surface area (Å²) in [5.41, 5.74) is 0. The van der Waals surface area contributed by atoms with Crippen molar-refractivity contribution < 1.29 is 14.3 Å². The number of ether oxygens (including phenoxy) is 2. The van der Waals surface area contributed by atoms with Crippen LogP contribution < -0.4 is 0 Å². The molecule has 2 rings (SSSR count). The molecule has 0 N–H and O–H groups in total. The maximum atomic E-state index is 5.69. The van der Waals surface area contributed by atoms with Crippen molar-refractivity contribution >= 4 is 12.4 Å². The SMILES string of the molecule is CC1(C)OCC(CON2CCCCC2)O1.Cl. The third-order valence-electron chi connectivity index (χ3n) is 2.83. The molecule has 0 bridgehead atoms. The Morgan fingerprint density at radius 2 is 1.94 bits per heavy atom. The first kappa shape index (κ1) is 14.2. The zero-order valence-electron chi connectivity index (χ0n) is 10.1. The molecule has 1 unspecified atom stereocenters. The minimum absolute atomic E-state index is 0. The second-order valence-electron chi connectivity index (χ2n) is 4.74. The van der Waals surface area contributed by atoms with E-state index in [9.17, 15) is 0 Å². The molecule has 0 aromatic heterocycles. The zero-order chi connectivity index (χ0) is 10.7. The van der Waals surface area contributed by atoms with E-state index in [2.05, 4.69) is 5.06 Å². The van der Waals surface area contributed by atoms with Gasteiger partial charge in [-0.3, -0.25) is 4.84 Å². The maximum Gasteiger partial charge on any atom is 0.163 e. The molecule has 2 saturated heterocycles. The van der Waals surface area contributed by atoms with Crippen LogP contribution >= 0.6 is 12.4 Å². The number of halogens is 1. The van der Waals surface area contributed by atoms with E-state index in [1.165, 1.54) is 19.3 Å². The van der Waals surface area contributed by atoms with Gasteiger partial charge >= 0.3 is 0 Å². The molecule has 1 atom stereocenters. The Morgan fingerprint density at radius 3 is 2.50 bits per heavy atom. The number of hydrogen-bond acceptors (Lipinski definition) is 4. The standard InChI is InChI=1S/C11H21NO3.ClH/c1-11(2)13-8-10(15-11)9-14-12-6-4-3-5-7-12;/h10H,3-9H2,1-2H3;1H. The van der Waals surface area contributed by atoms with E-state index >= 15 is 0 Å². The van der Waals surface area contributed by atoms with Gasteiger partial charge in [0.25, 0.3) is 0 Å². The monoisotopic (exact) mass is 251 g/mol. The lowest BCUT2D eigenvalue weighted by Crippen LogP contribution is -2.34. The van der Waals surface area contributed by atoms with Gasteiger partial charge in [0.1, 0.15) is 6.10 Å². The molecule has 16 heavy (non-hydrogen) atoms. The molecule has 2 aliphatic heterocycles. The van der Waals surface area contributed by atoms with Gasteiger partial charge < -0.3 is 9.47 Å². The normalized spacial score (nSPS) is 30.0. The molecule has 5 heteroatoms. The van der Waals surface area contributed by atoms with E-state index < -0.39 is 5.79 Å². The first-order chi connectivity index (χ1) is 7.16. The summed E-state index contributed by atoms with van der Waals surface area (Å²) in [6.45, 7) is 7.24. The van der Waals surface area contributed by atoms with Crippen molar-refractivity contribution in [2.24, 2.45) is 0 Å². The molecule has 0 amide bonds. The highest BCUT2D eigenvalue weighted by molar-refractivity contribution is 5.85. The zero-order valence-corrected chi connectivity index (χ0v) is 10.9. The van der Waals surface area contributed by atoms with E-state index in [-0.39, 0.29) is 18.5 Å². The van der Waals surface area contributed by atoms with Gasteiger partial charge in [-0.25, -0.2) is 0 Å². The molecule has 0 saturated carbocycles. The van der Waals surface area contributed by atoms with E-state index in [0.717, 1.165) is 13.1 Å². The predicted molar refractivity (Wildman–Crippen MR) is 63.5 cm³/mol. The Hall–Kier alpha value is 0.130. The molecule has 0 aromatic carbocycles. The molecular weight excluding hydrogens is 230 g/mol. The predicted octanol–water partition coefficient (Wildman–Crippen LogP) is 1.98. The average Bonchev–Trinajstić information content (AvgIpc) is 2.57. The molecular formula is C11H22ClNO3. The summed E-state index contributed by atoms with van der Waals surface area (Å²) in [6.07, 6.45) is 3.90. The number of piperidine rings is 1. The van der Waals surface area contributed by atoms with Crippen molar-refractivity contribution in [2.45, 2.75) is 45.0 Å². The van der Waals surface area contributed by atoms with Crippen molar-refractivity contribution in [3.63, 3.8) is 0 Å². The first-order valence-electron chi connectivity index (χ1n) is 5.85. The molecule has 2 aliphatic rings. The molecule has 0 aliphatic carbocycles. The highest BCUT2D eigenvalue weighted by Crippen LogP contribution is 2.22. The van der Waals surface area contributed by atoms with Crippen molar-refractivity contribution in [3.8, 4) is 0 Å². The molecule has 4 nitrogen and oxygen atoms in total. The Morgan fingerprint density at radius 1 is 1.25 bits per heavy atom. The lowest BCUT2D eigenvalue weighted by molar-refractivity contribution is -0.201. The van der Waals surface area contributed by atoms with Gasteiger partial charge in [0.2, 0.25) is 0 Å². The van der Waals surface area contributed by atoms with Gasteiger partial charge in [-0.1, -0.05) is 6.42 Å². The number of rotatable bonds is 3. The van der Waals surface area contributed by atoms with Crippen LogP contribution in [0.25, 0.3) is 0 Å². The number of hydrogen-bond donors (Lipinski definition) is 0. The fourth-order valence-corrected chi connectivity index (χ4v) is 2.03. The average molecular weight is 252 g/mol. The van der Waals surface area contributed by atoms with Gasteiger partial charge in [-0.05, 0) is 26.7 Å². The van der Waals surface area contributed by atoms with Gasteiger partial charge in [0.15, 0.2) is 5.79 Å². The van der Waals surface area contributed by atoms with E-state index in [0.29, 0.717) is 13.2 Å². The Labute approximate surface area is 104 Å². The largest absolute Gasteiger partial charge is 0.348 e. The minimum atomic E-state index is -0.435. The van der Waals surface area contributed by atoms with Gasteiger partial charge in [-0.2, -0.15) is 5.06 Å². The first-order valence-corrected chi connectivity index (χ1v) is 5.85. The molecule has 0 spiro atoms. The summed E-state index contributed by atoms with van der Waals surface area (Å²) in [6, 6.07) is 0. The number of hydroxylamine groups is 2. The summed E-state index contributed by atoms with van der Waals surface area (Å²) in [5.74, 6) is -0.435. The van der Waals surface area contributed by atoms with Crippen molar-refractivity contribution in [2.75, 3.05) is 26.3 Å². The van der Waals surface area contributed by atoms with Gasteiger partial charge in [0, 0.05) is 13.1 Å². The van der Waals surface area contributed by atoms with Gasteiger partial charge in [-0.15, -0.1) is 12.4 Å². The fraction of sp³-hybridized carbons (Fsp3) is 1.00. The third kappa shape index (κ3) is 4.18.